The van der Waals surface area contributed by atoms with Crippen molar-refractivity contribution in [2.45, 2.75) is 51.8 Å². The van der Waals surface area contributed by atoms with E-state index in [1.54, 1.807) is 19.2 Å². The van der Waals surface area contributed by atoms with E-state index in [9.17, 15) is 5.11 Å². The maximum atomic E-state index is 9.98. The van der Waals surface area contributed by atoms with Crippen LogP contribution in [0.4, 0.5) is 0 Å². The minimum atomic E-state index is 0.109. The van der Waals surface area contributed by atoms with E-state index in [1.807, 2.05) is 31.2 Å². The number of nitrogens with one attached hydrogen (secondary N) is 2. The van der Waals surface area contributed by atoms with Gasteiger partial charge in [0.15, 0.2) is 29.0 Å². The van der Waals surface area contributed by atoms with Gasteiger partial charge in [-0.05, 0) is 56.4 Å². The van der Waals surface area contributed by atoms with E-state index < -0.39 is 0 Å². The molecule has 1 aliphatic carbocycles. The largest absolute Gasteiger partial charge is 0.504 e. The van der Waals surface area contributed by atoms with E-state index in [1.165, 1.54) is 20.0 Å². The Morgan fingerprint density at radius 3 is 2.52 bits per heavy atom. The van der Waals surface area contributed by atoms with Crippen molar-refractivity contribution in [3.05, 3.63) is 47.5 Å². The Labute approximate surface area is 184 Å². The van der Waals surface area contributed by atoms with Crippen molar-refractivity contribution in [1.29, 1.82) is 0 Å². The molecule has 0 amide bonds. The number of methoxy groups -OCH3 is 2. The third-order valence-electron chi connectivity index (χ3n) is 5.32. The van der Waals surface area contributed by atoms with Crippen LogP contribution >= 0.6 is 0 Å². The van der Waals surface area contributed by atoms with Crippen molar-refractivity contribution in [3.63, 3.8) is 0 Å². The molecule has 3 rings (SSSR count). The number of rotatable bonds is 9. The van der Waals surface area contributed by atoms with E-state index in [4.69, 9.17) is 14.2 Å². The smallest absolute Gasteiger partial charge is 0.191 e. The summed E-state index contributed by atoms with van der Waals surface area (Å²) in [6.45, 7) is 3.75. The van der Waals surface area contributed by atoms with Gasteiger partial charge in [-0.25, -0.2) is 4.99 Å². The van der Waals surface area contributed by atoms with Gasteiger partial charge < -0.3 is 30.0 Å². The Morgan fingerprint density at radius 2 is 1.84 bits per heavy atom. The summed E-state index contributed by atoms with van der Waals surface area (Å²) in [5, 5.41) is 16.6. The van der Waals surface area contributed by atoms with Crippen LogP contribution in [0.1, 0.15) is 43.7 Å². The van der Waals surface area contributed by atoms with Gasteiger partial charge in [0.25, 0.3) is 0 Å². The maximum absolute atomic E-state index is 9.98. The molecule has 0 spiro atoms. The van der Waals surface area contributed by atoms with Gasteiger partial charge in [-0.2, -0.15) is 0 Å². The van der Waals surface area contributed by atoms with E-state index in [-0.39, 0.29) is 11.9 Å². The van der Waals surface area contributed by atoms with Crippen LogP contribution in [0, 0.1) is 0 Å². The van der Waals surface area contributed by atoms with Crippen molar-refractivity contribution in [2.75, 3.05) is 20.8 Å². The van der Waals surface area contributed by atoms with Gasteiger partial charge in [0.05, 0.1) is 26.9 Å². The van der Waals surface area contributed by atoms with Crippen molar-refractivity contribution >= 4 is 5.96 Å². The summed E-state index contributed by atoms with van der Waals surface area (Å²) in [6, 6.07) is 11.3. The molecule has 1 fully saturated rings. The third kappa shape index (κ3) is 6.20. The summed E-state index contributed by atoms with van der Waals surface area (Å²) in [5.41, 5.74) is 1.92. The maximum Gasteiger partial charge on any atom is 0.191 e. The van der Waals surface area contributed by atoms with Crippen LogP contribution in [0.3, 0.4) is 0 Å². The van der Waals surface area contributed by atoms with Gasteiger partial charge in [-0.1, -0.05) is 18.2 Å². The van der Waals surface area contributed by atoms with Gasteiger partial charge in [0, 0.05) is 18.7 Å². The molecule has 168 valence electrons. The van der Waals surface area contributed by atoms with Crippen molar-refractivity contribution in [3.8, 4) is 23.0 Å². The normalized spacial score (nSPS) is 14.4. The number of hydrogen-bond donors (Lipinski definition) is 3. The summed E-state index contributed by atoms with van der Waals surface area (Å²) >= 11 is 0. The van der Waals surface area contributed by atoms with Crippen LogP contribution in [-0.2, 0) is 13.1 Å². The first-order valence-electron chi connectivity index (χ1n) is 10.8. The zero-order valence-electron chi connectivity index (χ0n) is 18.6. The number of nitrogens with zero attached hydrogens (tertiary/aromatic N) is 1. The number of aliphatic imine (C=N–C) groups is 1. The highest BCUT2D eigenvalue weighted by Crippen LogP contribution is 2.34. The van der Waals surface area contributed by atoms with Crippen molar-refractivity contribution < 1.29 is 19.3 Å². The highest BCUT2D eigenvalue weighted by molar-refractivity contribution is 5.79. The molecule has 31 heavy (non-hydrogen) atoms. The Kier molecular flexibility index (Phi) is 8.27. The quantitative estimate of drug-likeness (QED) is 0.415. The number of hydrogen-bond acceptors (Lipinski definition) is 5. The second-order valence-electron chi connectivity index (χ2n) is 7.53. The Bertz CT molecular complexity index is 879. The zero-order valence-corrected chi connectivity index (χ0v) is 18.6. The number of ether oxygens (including phenoxy) is 3. The first kappa shape index (κ1) is 22.6. The molecule has 3 N–H and O–H groups in total. The lowest BCUT2D eigenvalue weighted by Crippen LogP contribution is -2.37. The second kappa shape index (κ2) is 11.3. The Morgan fingerprint density at radius 1 is 1.06 bits per heavy atom. The molecule has 0 saturated heterocycles. The predicted octanol–water partition coefficient (Wildman–Crippen LogP) is 3.99. The molecule has 0 atom stereocenters. The van der Waals surface area contributed by atoms with Crippen LogP contribution in [-0.4, -0.2) is 37.9 Å². The van der Waals surface area contributed by atoms with Crippen LogP contribution in [0.15, 0.2) is 41.4 Å². The van der Waals surface area contributed by atoms with Crippen molar-refractivity contribution in [1.82, 2.24) is 10.6 Å². The monoisotopic (exact) mass is 427 g/mol. The molecule has 0 radical (unpaired) electrons. The van der Waals surface area contributed by atoms with Crippen molar-refractivity contribution in [2.24, 2.45) is 4.99 Å². The SMILES string of the molecule is CCNC(=NCc1ccc(OC)c(O)c1)NCc1cccc(OC)c1OC1CCCC1. The lowest BCUT2D eigenvalue weighted by atomic mass is 10.1. The number of para-hydroxylation sites is 1. The van der Waals surface area contributed by atoms with Gasteiger partial charge in [0.1, 0.15) is 0 Å². The number of phenols is 1. The second-order valence-corrected chi connectivity index (χ2v) is 7.53. The van der Waals surface area contributed by atoms with Crippen LogP contribution in [0.25, 0.3) is 0 Å². The van der Waals surface area contributed by atoms with E-state index >= 15 is 0 Å². The molecule has 0 unspecified atom stereocenters. The fraction of sp³-hybridized carbons (Fsp3) is 0.458. The van der Waals surface area contributed by atoms with E-state index in [2.05, 4.69) is 15.6 Å². The molecule has 0 aromatic heterocycles. The van der Waals surface area contributed by atoms with Crippen LogP contribution < -0.4 is 24.8 Å². The average molecular weight is 428 g/mol. The molecule has 1 aliphatic rings. The minimum Gasteiger partial charge on any atom is -0.504 e. The predicted molar refractivity (Wildman–Crippen MR) is 122 cm³/mol. The molecule has 2 aromatic rings. The Balaban J connectivity index is 1.70. The molecule has 0 aliphatic heterocycles. The number of benzene rings is 2. The first-order valence-corrected chi connectivity index (χ1v) is 10.8. The summed E-state index contributed by atoms with van der Waals surface area (Å²) < 4.78 is 17.0. The summed E-state index contributed by atoms with van der Waals surface area (Å²) in [4.78, 5) is 4.64. The van der Waals surface area contributed by atoms with E-state index in [0.717, 1.165) is 42.0 Å². The minimum absolute atomic E-state index is 0.109. The van der Waals surface area contributed by atoms with Gasteiger partial charge in [-0.15, -0.1) is 0 Å². The molecule has 0 heterocycles. The standard InChI is InChI=1S/C24H33N3O4/c1-4-25-24(26-15-17-12-13-21(29-2)20(28)14-17)27-16-18-8-7-11-22(30-3)23(18)31-19-9-5-6-10-19/h7-8,11-14,19,28H,4-6,9-10,15-16H2,1-3H3,(H2,25,26,27). The third-order valence-corrected chi connectivity index (χ3v) is 5.32. The number of phenolic OH excluding ortho intramolecular Hbond substituents is 1. The average Bonchev–Trinajstić information content (AvgIpc) is 3.29. The van der Waals surface area contributed by atoms with Gasteiger partial charge >= 0.3 is 0 Å². The van der Waals surface area contributed by atoms with Crippen LogP contribution in [0.5, 0.6) is 23.0 Å². The Hall–Kier alpha value is -3.09. The highest BCUT2D eigenvalue weighted by atomic mass is 16.5. The summed E-state index contributed by atoms with van der Waals surface area (Å²) in [7, 11) is 3.20. The molecule has 1 saturated carbocycles. The zero-order chi connectivity index (χ0) is 22.1. The number of guanidine groups is 1. The molecule has 7 nitrogen and oxygen atoms in total. The highest BCUT2D eigenvalue weighted by Gasteiger charge is 2.20. The molecule has 7 heteroatoms. The van der Waals surface area contributed by atoms with Crippen LogP contribution in [0.2, 0.25) is 0 Å². The van der Waals surface area contributed by atoms with E-state index in [0.29, 0.717) is 24.8 Å². The molecular weight excluding hydrogens is 394 g/mol. The summed E-state index contributed by atoms with van der Waals surface area (Å²) in [5.74, 6) is 2.80. The fourth-order valence-corrected chi connectivity index (χ4v) is 3.69. The molecule has 0 bridgehead atoms. The van der Waals surface area contributed by atoms with Gasteiger partial charge in [-0.3, -0.25) is 0 Å². The summed E-state index contributed by atoms with van der Waals surface area (Å²) in [6.07, 6.45) is 4.85. The fourth-order valence-electron chi connectivity index (χ4n) is 3.69. The molecular formula is C24H33N3O4. The first-order chi connectivity index (χ1) is 15.1. The van der Waals surface area contributed by atoms with Gasteiger partial charge in [0.2, 0.25) is 0 Å². The topological polar surface area (TPSA) is 84.3 Å². The molecule has 2 aromatic carbocycles. The number of aromatic hydroxyl groups is 1. The lowest BCUT2D eigenvalue weighted by Gasteiger charge is -2.20. The lowest BCUT2D eigenvalue weighted by molar-refractivity contribution is 0.198.